The molecular weight excluding hydrogens is 316 g/mol. The van der Waals surface area contributed by atoms with Crippen LogP contribution in [-0.4, -0.2) is 17.9 Å². The Balaban J connectivity index is 2.12. The van der Waals surface area contributed by atoms with Crippen LogP contribution in [0.2, 0.25) is 0 Å². The molecule has 2 aromatic rings. The Morgan fingerprint density at radius 3 is 2.36 bits per heavy atom. The highest BCUT2D eigenvalue weighted by Gasteiger charge is 2.13. The minimum Gasteiger partial charge on any atom is -0.490 e. The first kappa shape index (κ1) is 18.5. The second-order valence-electron chi connectivity index (χ2n) is 6.00. The van der Waals surface area contributed by atoms with Gasteiger partial charge in [-0.2, -0.15) is 0 Å². The van der Waals surface area contributed by atoms with Gasteiger partial charge in [-0.15, -0.1) is 0 Å². The SMILES string of the molecule is CCCC(=O)Nc1cccc(NC(=O)c2ccccc2OC(C)C)c1. The number of rotatable bonds is 7. The predicted molar refractivity (Wildman–Crippen MR) is 100 cm³/mol. The maximum absolute atomic E-state index is 12.6. The Hall–Kier alpha value is -2.82. The molecule has 2 aromatic carbocycles. The molecule has 2 amide bonds. The maximum Gasteiger partial charge on any atom is 0.259 e. The number of ether oxygens (including phenoxy) is 1. The van der Waals surface area contributed by atoms with Crippen LogP contribution in [0.5, 0.6) is 5.75 Å². The molecule has 0 bridgehead atoms. The number of hydrogen-bond acceptors (Lipinski definition) is 3. The van der Waals surface area contributed by atoms with Crippen LogP contribution >= 0.6 is 0 Å². The van der Waals surface area contributed by atoms with Gasteiger partial charge in [0.2, 0.25) is 5.91 Å². The van der Waals surface area contributed by atoms with E-state index in [-0.39, 0.29) is 17.9 Å². The van der Waals surface area contributed by atoms with E-state index in [1.807, 2.05) is 26.8 Å². The minimum absolute atomic E-state index is 0.0222. The van der Waals surface area contributed by atoms with E-state index in [0.717, 1.165) is 6.42 Å². The third kappa shape index (κ3) is 5.64. The van der Waals surface area contributed by atoms with Gasteiger partial charge < -0.3 is 15.4 Å². The third-order valence-electron chi connectivity index (χ3n) is 3.38. The molecule has 0 spiro atoms. The molecule has 0 aliphatic rings. The number of carbonyl (C=O) groups is 2. The molecule has 0 atom stereocenters. The van der Waals surface area contributed by atoms with E-state index in [1.54, 1.807) is 42.5 Å². The first-order valence-corrected chi connectivity index (χ1v) is 8.46. The second-order valence-corrected chi connectivity index (χ2v) is 6.00. The Morgan fingerprint density at radius 1 is 1.00 bits per heavy atom. The van der Waals surface area contributed by atoms with Gasteiger partial charge >= 0.3 is 0 Å². The number of para-hydroxylation sites is 1. The highest BCUT2D eigenvalue weighted by atomic mass is 16.5. The third-order valence-corrected chi connectivity index (χ3v) is 3.38. The van der Waals surface area contributed by atoms with E-state index in [9.17, 15) is 9.59 Å². The molecule has 0 aliphatic heterocycles. The van der Waals surface area contributed by atoms with E-state index in [0.29, 0.717) is 29.1 Å². The van der Waals surface area contributed by atoms with E-state index >= 15 is 0 Å². The lowest BCUT2D eigenvalue weighted by molar-refractivity contribution is -0.116. The standard InChI is InChI=1S/C20H24N2O3/c1-4-8-19(23)21-15-9-7-10-16(13-15)22-20(24)17-11-5-6-12-18(17)25-14(2)3/h5-7,9-14H,4,8H2,1-3H3,(H,21,23)(H,22,24). The predicted octanol–water partition coefficient (Wildman–Crippen LogP) is 4.46. The van der Waals surface area contributed by atoms with Crippen molar-refractivity contribution < 1.29 is 14.3 Å². The zero-order chi connectivity index (χ0) is 18.2. The lowest BCUT2D eigenvalue weighted by Gasteiger charge is -2.14. The topological polar surface area (TPSA) is 67.4 Å². The second kappa shape index (κ2) is 8.87. The average Bonchev–Trinajstić information content (AvgIpc) is 2.55. The van der Waals surface area contributed by atoms with Gasteiger partial charge in [0.25, 0.3) is 5.91 Å². The van der Waals surface area contributed by atoms with Crippen molar-refractivity contribution in [2.75, 3.05) is 10.6 Å². The summed E-state index contributed by atoms with van der Waals surface area (Å²) < 4.78 is 5.69. The summed E-state index contributed by atoms with van der Waals surface area (Å²) in [5.41, 5.74) is 1.73. The summed E-state index contributed by atoms with van der Waals surface area (Å²) in [7, 11) is 0. The van der Waals surface area contributed by atoms with Crippen LogP contribution < -0.4 is 15.4 Å². The van der Waals surface area contributed by atoms with Gasteiger partial charge in [-0.25, -0.2) is 0 Å². The number of hydrogen-bond donors (Lipinski definition) is 2. The van der Waals surface area contributed by atoms with Gasteiger partial charge in [0, 0.05) is 17.8 Å². The van der Waals surface area contributed by atoms with Crippen LogP contribution in [0.3, 0.4) is 0 Å². The molecule has 132 valence electrons. The Kier molecular flexibility index (Phi) is 6.57. The molecule has 0 radical (unpaired) electrons. The summed E-state index contributed by atoms with van der Waals surface area (Å²) in [4.78, 5) is 24.3. The molecule has 5 nitrogen and oxygen atoms in total. The van der Waals surface area contributed by atoms with Crippen molar-refractivity contribution in [2.45, 2.75) is 39.7 Å². The van der Waals surface area contributed by atoms with Crippen molar-refractivity contribution in [3.05, 3.63) is 54.1 Å². The summed E-state index contributed by atoms with van der Waals surface area (Å²) in [6.07, 6.45) is 1.23. The van der Waals surface area contributed by atoms with Crippen molar-refractivity contribution in [3.8, 4) is 5.75 Å². The normalized spacial score (nSPS) is 10.4. The summed E-state index contributed by atoms with van der Waals surface area (Å²) >= 11 is 0. The van der Waals surface area contributed by atoms with Gasteiger partial charge in [0.05, 0.1) is 11.7 Å². The van der Waals surface area contributed by atoms with Crippen LogP contribution in [0.1, 0.15) is 44.0 Å². The molecule has 0 aliphatic carbocycles. The highest BCUT2D eigenvalue weighted by molar-refractivity contribution is 6.06. The minimum atomic E-state index is -0.256. The Labute approximate surface area is 148 Å². The van der Waals surface area contributed by atoms with Crippen molar-refractivity contribution in [3.63, 3.8) is 0 Å². The molecular formula is C20H24N2O3. The molecule has 0 heterocycles. The molecule has 2 rings (SSSR count). The molecule has 0 unspecified atom stereocenters. The van der Waals surface area contributed by atoms with Crippen molar-refractivity contribution in [2.24, 2.45) is 0 Å². The number of nitrogens with one attached hydrogen (secondary N) is 2. The van der Waals surface area contributed by atoms with Gasteiger partial charge in [-0.3, -0.25) is 9.59 Å². The van der Waals surface area contributed by atoms with Gasteiger partial charge in [-0.1, -0.05) is 25.1 Å². The van der Waals surface area contributed by atoms with Crippen molar-refractivity contribution in [1.29, 1.82) is 0 Å². The van der Waals surface area contributed by atoms with E-state index in [1.165, 1.54) is 0 Å². The molecule has 0 saturated carbocycles. The summed E-state index contributed by atoms with van der Waals surface area (Å²) in [5.74, 6) is 0.248. The molecule has 0 saturated heterocycles. The van der Waals surface area contributed by atoms with Gasteiger partial charge in [0.15, 0.2) is 0 Å². The molecule has 0 fully saturated rings. The number of anilines is 2. The summed E-state index contributed by atoms with van der Waals surface area (Å²) in [6.45, 7) is 5.78. The quantitative estimate of drug-likeness (QED) is 0.782. The fraction of sp³-hybridized carbons (Fsp3) is 0.300. The molecule has 25 heavy (non-hydrogen) atoms. The van der Waals surface area contributed by atoms with Crippen LogP contribution in [0.25, 0.3) is 0 Å². The van der Waals surface area contributed by atoms with Crippen molar-refractivity contribution in [1.82, 2.24) is 0 Å². The lowest BCUT2D eigenvalue weighted by atomic mass is 10.1. The summed E-state index contributed by atoms with van der Waals surface area (Å²) in [6, 6.07) is 14.2. The van der Waals surface area contributed by atoms with E-state index < -0.39 is 0 Å². The van der Waals surface area contributed by atoms with E-state index in [4.69, 9.17) is 4.74 Å². The molecule has 5 heteroatoms. The first-order chi connectivity index (χ1) is 12.0. The summed E-state index contributed by atoms with van der Waals surface area (Å²) in [5, 5.41) is 5.67. The highest BCUT2D eigenvalue weighted by Crippen LogP contribution is 2.22. The number of carbonyl (C=O) groups excluding carboxylic acids is 2. The fourth-order valence-corrected chi connectivity index (χ4v) is 2.33. The van der Waals surface area contributed by atoms with Gasteiger partial charge in [0.1, 0.15) is 5.75 Å². The van der Waals surface area contributed by atoms with Crippen LogP contribution in [-0.2, 0) is 4.79 Å². The Bertz CT molecular complexity index is 741. The van der Waals surface area contributed by atoms with Gasteiger partial charge in [-0.05, 0) is 50.6 Å². The first-order valence-electron chi connectivity index (χ1n) is 8.46. The molecule has 0 aromatic heterocycles. The smallest absolute Gasteiger partial charge is 0.259 e. The zero-order valence-electron chi connectivity index (χ0n) is 14.8. The average molecular weight is 340 g/mol. The van der Waals surface area contributed by atoms with Crippen LogP contribution in [0.4, 0.5) is 11.4 Å². The zero-order valence-corrected chi connectivity index (χ0v) is 14.8. The molecule has 2 N–H and O–H groups in total. The van der Waals surface area contributed by atoms with E-state index in [2.05, 4.69) is 10.6 Å². The fourth-order valence-electron chi connectivity index (χ4n) is 2.33. The number of amides is 2. The van der Waals surface area contributed by atoms with Crippen LogP contribution in [0, 0.1) is 0 Å². The Morgan fingerprint density at radius 2 is 1.68 bits per heavy atom. The van der Waals surface area contributed by atoms with Crippen molar-refractivity contribution >= 4 is 23.2 Å². The monoisotopic (exact) mass is 340 g/mol. The number of benzene rings is 2. The lowest BCUT2D eigenvalue weighted by Crippen LogP contribution is -2.16. The maximum atomic E-state index is 12.6. The van der Waals surface area contributed by atoms with Crippen LogP contribution in [0.15, 0.2) is 48.5 Å². The largest absolute Gasteiger partial charge is 0.490 e.